The topological polar surface area (TPSA) is 105 Å². The smallest absolute Gasteiger partial charge is 0.235 e. The Balaban J connectivity index is 2.43. The van der Waals surface area contributed by atoms with Crippen molar-refractivity contribution in [3.63, 3.8) is 0 Å². The highest BCUT2D eigenvalue weighted by atomic mass is 16.1. The van der Waals surface area contributed by atoms with E-state index >= 15 is 0 Å². The van der Waals surface area contributed by atoms with Gasteiger partial charge in [-0.15, -0.1) is 0 Å². The van der Waals surface area contributed by atoms with Crippen LogP contribution < -0.4 is 16.8 Å². The van der Waals surface area contributed by atoms with Crippen molar-refractivity contribution in [3.8, 4) is 6.07 Å². The molecule has 1 rings (SSSR count). The first-order valence-corrected chi connectivity index (χ1v) is 4.88. The van der Waals surface area contributed by atoms with E-state index in [1.165, 1.54) is 0 Å². The van der Waals surface area contributed by atoms with Crippen LogP contribution in [-0.4, -0.2) is 18.5 Å². The molecule has 1 atom stereocenters. The molecule has 1 amide bonds. The number of nitriles is 1. The van der Waals surface area contributed by atoms with Crippen LogP contribution in [0.4, 0.5) is 0 Å². The molecule has 0 aliphatic carbocycles. The van der Waals surface area contributed by atoms with Crippen molar-refractivity contribution in [2.45, 2.75) is 12.6 Å². The lowest BCUT2D eigenvalue weighted by Gasteiger charge is -2.09. The molecule has 1 aromatic rings. The summed E-state index contributed by atoms with van der Waals surface area (Å²) in [6.45, 7) is 0.878. The molecular formula is C11H14N4O. The molecule has 16 heavy (non-hydrogen) atoms. The first-order valence-electron chi connectivity index (χ1n) is 4.88. The zero-order valence-electron chi connectivity index (χ0n) is 8.81. The molecular weight excluding hydrogens is 204 g/mol. The summed E-state index contributed by atoms with van der Waals surface area (Å²) in [4.78, 5) is 10.7. The molecule has 0 fully saturated rings. The number of nitrogens with two attached hydrogens (primary N) is 2. The lowest BCUT2D eigenvalue weighted by Crippen LogP contribution is -2.44. The zero-order valence-corrected chi connectivity index (χ0v) is 8.81. The molecule has 0 aliphatic heterocycles. The van der Waals surface area contributed by atoms with E-state index in [1.54, 1.807) is 12.1 Å². The minimum absolute atomic E-state index is 0.326. The number of carbonyl (C=O) groups excluding carboxylic acids is 1. The summed E-state index contributed by atoms with van der Waals surface area (Å²) in [7, 11) is 0. The van der Waals surface area contributed by atoms with Crippen molar-refractivity contribution in [1.29, 1.82) is 5.26 Å². The molecule has 0 aliphatic rings. The normalized spacial score (nSPS) is 11.8. The van der Waals surface area contributed by atoms with Crippen LogP contribution in [0.15, 0.2) is 24.3 Å². The number of rotatable bonds is 5. The quantitative estimate of drug-likeness (QED) is 0.617. The standard InChI is InChI=1S/C11H14N4O/c12-5-8-2-1-3-9(4-8)6-15-7-10(13)11(14)16/h1-4,10,15H,6-7,13H2,(H2,14,16). The highest BCUT2D eigenvalue weighted by molar-refractivity contribution is 5.79. The molecule has 1 aromatic carbocycles. The van der Waals surface area contributed by atoms with E-state index in [4.69, 9.17) is 16.7 Å². The Morgan fingerprint density at radius 2 is 2.31 bits per heavy atom. The first kappa shape index (κ1) is 12.2. The number of amides is 1. The van der Waals surface area contributed by atoms with Gasteiger partial charge in [-0.2, -0.15) is 5.26 Å². The van der Waals surface area contributed by atoms with Crippen LogP contribution in [0.5, 0.6) is 0 Å². The molecule has 0 saturated carbocycles. The summed E-state index contributed by atoms with van der Waals surface area (Å²) >= 11 is 0. The summed E-state index contributed by atoms with van der Waals surface area (Å²) in [5.74, 6) is -0.529. The van der Waals surface area contributed by atoms with Crippen molar-refractivity contribution in [3.05, 3.63) is 35.4 Å². The van der Waals surface area contributed by atoms with E-state index in [0.29, 0.717) is 18.7 Å². The number of nitrogens with zero attached hydrogens (tertiary/aromatic N) is 1. The maximum absolute atomic E-state index is 10.7. The van der Waals surface area contributed by atoms with Gasteiger partial charge < -0.3 is 16.8 Å². The fraction of sp³-hybridized carbons (Fsp3) is 0.273. The van der Waals surface area contributed by atoms with Crippen LogP contribution in [0.1, 0.15) is 11.1 Å². The summed E-state index contributed by atoms with van der Waals surface area (Å²) < 4.78 is 0. The second kappa shape index (κ2) is 5.85. The Hall–Kier alpha value is -1.90. The number of primary amides is 1. The molecule has 0 bridgehead atoms. The van der Waals surface area contributed by atoms with Crippen LogP contribution in [0.2, 0.25) is 0 Å². The van der Waals surface area contributed by atoms with E-state index in [-0.39, 0.29) is 0 Å². The van der Waals surface area contributed by atoms with Crippen molar-refractivity contribution in [2.75, 3.05) is 6.54 Å². The number of hydrogen-bond donors (Lipinski definition) is 3. The van der Waals surface area contributed by atoms with Crippen molar-refractivity contribution in [2.24, 2.45) is 11.5 Å². The van der Waals surface area contributed by atoms with Gasteiger partial charge in [-0.3, -0.25) is 4.79 Å². The van der Waals surface area contributed by atoms with Gasteiger partial charge in [-0.1, -0.05) is 12.1 Å². The van der Waals surface area contributed by atoms with Gasteiger partial charge in [0.05, 0.1) is 17.7 Å². The van der Waals surface area contributed by atoms with Gasteiger partial charge in [0.2, 0.25) is 5.91 Å². The Labute approximate surface area is 94.0 Å². The molecule has 1 unspecified atom stereocenters. The van der Waals surface area contributed by atoms with Crippen LogP contribution >= 0.6 is 0 Å². The van der Waals surface area contributed by atoms with E-state index in [1.807, 2.05) is 12.1 Å². The molecule has 5 heteroatoms. The molecule has 0 saturated heterocycles. The van der Waals surface area contributed by atoms with Gasteiger partial charge in [-0.25, -0.2) is 0 Å². The summed E-state index contributed by atoms with van der Waals surface area (Å²) in [6, 6.07) is 8.59. The highest BCUT2D eigenvalue weighted by Gasteiger charge is 2.07. The molecule has 0 aromatic heterocycles. The summed E-state index contributed by atoms with van der Waals surface area (Å²) in [6.07, 6.45) is 0. The third kappa shape index (κ3) is 3.69. The predicted molar refractivity (Wildman–Crippen MR) is 60.0 cm³/mol. The molecule has 0 spiro atoms. The predicted octanol–water partition coefficient (Wildman–Crippen LogP) is -0.540. The van der Waals surface area contributed by atoms with Crippen LogP contribution in [0.25, 0.3) is 0 Å². The molecule has 5 nitrogen and oxygen atoms in total. The third-order valence-corrected chi connectivity index (χ3v) is 2.11. The summed E-state index contributed by atoms with van der Waals surface area (Å²) in [5.41, 5.74) is 12.0. The Kier molecular flexibility index (Phi) is 4.45. The van der Waals surface area contributed by atoms with Crippen molar-refractivity contribution in [1.82, 2.24) is 5.32 Å². The van der Waals surface area contributed by atoms with Crippen LogP contribution in [0.3, 0.4) is 0 Å². The Morgan fingerprint density at radius 3 is 2.94 bits per heavy atom. The van der Waals surface area contributed by atoms with E-state index < -0.39 is 11.9 Å². The minimum Gasteiger partial charge on any atom is -0.368 e. The Morgan fingerprint density at radius 1 is 1.56 bits per heavy atom. The number of benzene rings is 1. The second-order valence-corrected chi connectivity index (χ2v) is 3.45. The van der Waals surface area contributed by atoms with Gasteiger partial charge in [0, 0.05) is 13.1 Å². The SMILES string of the molecule is N#Cc1cccc(CNCC(N)C(N)=O)c1. The molecule has 84 valence electrons. The fourth-order valence-electron chi connectivity index (χ4n) is 1.22. The monoisotopic (exact) mass is 218 g/mol. The van der Waals surface area contributed by atoms with E-state index in [0.717, 1.165) is 5.56 Å². The number of hydrogen-bond acceptors (Lipinski definition) is 4. The van der Waals surface area contributed by atoms with Crippen LogP contribution in [-0.2, 0) is 11.3 Å². The van der Waals surface area contributed by atoms with Crippen LogP contribution in [0, 0.1) is 11.3 Å². The van der Waals surface area contributed by atoms with Crippen molar-refractivity contribution >= 4 is 5.91 Å². The van der Waals surface area contributed by atoms with E-state index in [9.17, 15) is 4.79 Å². The van der Waals surface area contributed by atoms with E-state index in [2.05, 4.69) is 11.4 Å². The van der Waals surface area contributed by atoms with Gasteiger partial charge in [0.25, 0.3) is 0 Å². The number of nitrogens with one attached hydrogen (secondary N) is 1. The lowest BCUT2D eigenvalue weighted by molar-refractivity contribution is -0.119. The van der Waals surface area contributed by atoms with Crippen molar-refractivity contribution < 1.29 is 4.79 Å². The lowest BCUT2D eigenvalue weighted by atomic mass is 10.1. The highest BCUT2D eigenvalue weighted by Crippen LogP contribution is 2.03. The maximum atomic E-state index is 10.7. The van der Waals surface area contributed by atoms with Gasteiger partial charge in [-0.05, 0) is 17.7 Å². The number of carbonyl (C=O) groups is 1. The van der Waals surface area contributed by atoms with Gasteiger partial charge >= 0.3 is 0 Å². The fourth-order valence-corrected chi connectivity index (χ4v) is 1.22. The average Bonchev–Trinajstić information content (AvgIpc) is 2.29. The van der Waals surface area contributed by atoms with Gasteiger partial charge in [0.15, 0.2) is 0 Å². The summed E-state index contributed by atoms with van der Waals surface area (Å²) in [5, 5.41) is 11.7. The second-order valence-electron chi connectivity index (χ2n) is 3.45. The maximum Gasteiger partial charge on any atom is 0.235 e. The zero-order chi connectivity index (χ0) is 12.0. The largest absolute Gasteiger partial charge is 0.368 e. The third-order valence-electron chi connectivity index (χ3n) is 2.11. The average molecular weight is 218 g/mol. The first-order chi connectivity index (χ1) is 7.63. The minimum atomic E-state index is -0.681. The molecule has 5 N–H and O–H groups in total. The Bertz CT molecular complexity index is 411. The molecule has 0 heterocycles. The van der Waals surface area contributed by atoms with Gasteiger partial charge in [0.1, 0.15) is 0 Å². The molecule has 0 radical (unpaired) electrons.